The van der Waals surface area contributed by atoms with Crippen LogP contribution in [0.3, 0.4) is 0 Å². The minimum atomic E-state index is -0.644. The van der Waals surface area contributed by atoms with Crippen molar-refractivity contribution in [2.75, 3.05) is 12.0 Å². The second kappa shape index (κ2) is 6.07. The number of hydrogen-bond donors (Lipinski definition) is 2. The second-order valence-corrected chi connectivity index (χ2v) is 5.31. The third-order valence-corrected chi connectivity index (χ3v) is 3.64. The van der Waals surface area contributed by atoms with Gasteiger partial charge in [0.2, 0.25) is 0 Å². The normalized spacial score (nSPS) is 10.3. The summed E-state index contributed by atoms with van der Waals surface area (Å²) in [6.07, 6.45) is 1.98. The van der Waals surface area contributed by atoms with Gasteiger partial charge in [0.25, 0.3) is 5.91 Å². The predicted molar refractivity (Wildman–Crippen MR) is 82.7 cm³/mol. The number of anilines is 1. The summed E-state index contributed by atoms with van der Waals surface area (Å²) < 4.78 is 5.66. The van der Waals surface area contributed by atoms with Crippen LogP contribution in [0, 0.1) is 0 Å². The molecule has 104 valence electrons. The lowest BCUT2D eigenvalue weighted by molar-refractivity contribution is 0.0998. The van der Waals surface area contributed by atoms with Crippen LogP contribution in [0.5, 0.6) is 11.5 Å². The zero-order valence-corrected chi connectivity index (χ0v) is 12.3. The number of nitrogen functional groups attached to an aromatic ring is 1. The van der Waals surface area contributed by atoms with Gasteiger partial charge in [-0.25, -0.2) is 0 Å². The van der Waals surface area contributed by atoms with Gasteiger partial charge in [0.1, 0.15) is 5.75 Å². The summed E-state index contributed by atoms with van der Waals surface area (Å²) in [4.78, 5) is 12.5. The van der Waals surface area contributed by atoms with E-state index in [1.807, 2.05) is 18.4 Å². The Balaban J connectivity index is 2.39. The van der Waals surface area contributed by atoms with Crippen molar-refractivity contribution in [1.82, 2.24) is 0 Å². The Morgan fingerprint density at radius 1 is 1.25 bits per heavy atom. The van der Waals surface area contributed by atoms with Crippen LogP contribution in [0.15, 0.2) is 41.3 Å². The van der Waals surface area contributed by atoms with Crippen molar-refractivity contribution < 1.29 is 9.53 Å². The molecule has 0 fully saturated rings. The first-order valence-electron chi connectivity index (χ1n) is 5.72. The highest BCUT2D eigenvalue weighted by atomic mass is 35.5. The van der Waals surface area contributed by atoms with E-state index >= 15 is 0 Å². The molecule has 0 heterocycles. The molecule has 0 unspecified atom stereocenters. The lowest BCUT2D eigenvalue weighted by Gasteiger charge is -2.12. The molecule has 2 rings (SSSR count). The van der Waals surface area contributed by atoms with E-state index in [4.69, 9.17) is 27.8 Å². The van der Waals surface area contributed by atoms with Gasteiger partial charge in [0, 0.05) is 10.6 Å². The summed E-state index contributed by atoms with van der Waals surface area (Å²) in [5.74, 6) is 0.136. The van der Waals surface area contributed by atoms with Gasteiger partial charge in [-0.2, -0.15) is 0 Å². The Morgan fingerprint density at radius 2 is 1.90 bits per heavy atom. The molecule has 0 saturated carbocycles. The zero-order chi connectivity index (χ0) is 14.7. The van der Waals surface area contributed by atoms with Crippen molar-refractivity contribution in [1.29, 1.82) is 0 Å². The molecule has 4 nitrogen and oxygen atoms in total. The first-order chi connectivity index (χ1) is 9.51. The number of amides is 1. The van der Waals surface area contributed by atoms with Gasteiger partial charge in [0.15, 0.2) is 5.75 Å². The number of hydrogen-bond acceptors (Lipinski definition) is 4. The number of ether oxygens (including phenoxy) is 1. The van der Waals surface area contributed by atoms with Crippen LogP contribution in [-0.4, -0.2) is 12.2 Å². The molecule has 2 aromatic carbocycles. The van der Waals surface area contributed by atoms with Crippen molar-refractivity contribution in [3.05, 3.63) is 47.0 Å². The molecule has 4 N–H and O–H groups in total. The van der Waals surface area contributed by atoms with E-state index < -0.39 is 5.91 Å². The average molecular weight is 309 g/mol. The van der Waals surface area contributed by atoms with E-state index in [9.17, 15) is 4.79 Å². The SMILES string of the molecule is CSc1ccc(Oc2c(Cl)cc(N)cc2C(N)=O)cc1. The van der Waals surface area contributed by atoms with Crippen molar-refractivity contribution in [2.45, 2.75) is 4.90 Å². The van der Waals surface area contributed by atoms with Crippen LogP contribution in [0.25, 0.3) is 0 Å². The number of benzene rings is 2. The smallest absolute Gasteiger partial charge is 0.252 e. The van der Waals surface area contributed by atoms with Gasteiger partial charge in [-0.1, -0.05) is 11.6 Å². The first-order valence-corrected chi connectivity index (χ1v) is 7.32. The fourth-order valence-corrected chi connectivity index (χ4v) is 2.34. The van der Waals surface area contributed by atoms with E-state index in [0.29, 0.717) is 11.4 Å². The molecular weight excluding hydrogens is 296 g/mol. The Bertz CT molecular complexity index is 644. The molecule has 0 atom stereocenters. The molecule has 1 amide bonds. The highest BCUT2D eigenvalue weighted by molar-refractivity contribution is 7.98. The zero-order valence-electron chi connectivity index (χ0n) is 10.7. The molecule has 0 aliphatic carbocycles. The highest BCUT2D eigenvalue weighted by Gasteiger charge is 2.15. The van der Waals surface area contributed by atoms with Crippen LogP contribution in [-0.2, 0) is 0 Å². The lowest BCUT2D eigenvalue weighted by Crippen LogP contribution is -2.13. The summed E-state index contributed by atoms with van der Waals surface area (Å²) in [5, 5.41) is 0.243. The average Bonchev–Trinajstić information content (AvgIpc) is 2.42. The molecule has 0 aliphatic heterocycles. The van der Waals surface area contributed by atoms with Crippen LogP contribution in [0.2, 0.25) is 5.02 Å². The summed E-state index contributed by atoms with van der Waals surface area (Å²) in [7, 11) is 0. The Labute approximate surface area is 126 Å². The molecule has 0 bridgehead atoms. The van der Waals surface area contributed by atoms with Crippen molar-refractivity contribution in [3.63, 3.8) is 0 Å². The molecule has 0 aliphatic rings. The molecule has 6 heteroatoms. The van der Waals surface area contributed by atoms with E-state index in [-0.39, 0.29) is 16.3 Å². The minimum Gasteiger partial charge on any atom is -0.455 e. The Hall–Kier alpha value is -1.85. The third kappa shape index (κ3) is 3.18. The van der Waals surface area contributed by atoms with E-state index in [2.05, 4.69) is 0 Å². The van der Waals surface area contributed by atoms with Crippen LogP contribution < -0.4 is 16.2 Å². The third-order valence-electron chi connectivity index (χ3n) is 2.61. The van der Waals surface area contributed by atoms with Crippen LogP contribution in [0.1, 0.15) is 10.4 Å². The van der Waals surface area contributed by atoms with Gasteiger partial charge < -0.3 is 16.2 Å². The maximum absolute atomic E-state index is 11.4. The summed E-state index contributed by atoms with van der Waals surface area (Å²) in [6.45, 7) is 0. The molecule has 20 heavy (non-hydrogen) atoms. The number of rotatable bonds is 4. The summed E-state index contributed by atoms with van der Waals surface area (Å²) >= 11 is 7.69. The number of thioether (sulfide) groups is 1. The highest BCUT2D eigenvalue weighted by Crippen LogP contribution is 2.35. The van der Waals surface area contributed by atoms with Gasteiger partial charge in [-0.3, -0.25) is 4.79 Å². The van der Waals surface area contributed by atoms with Crippen molar-refractivity contribution in [3.8, 4) is 11.5 Å². The van der Waals surface area contributed by atoms with Crippen molar-refractivity contribution >= 4 is 35.0 Å². The van der Waals surface area contributed by atoms with Gasteiger partial charge in [0.05, 0.1) is 10.6 Å². The van der Waals surface area contributed by atoms with E-state index in [1.165, 1.54) is 12.1 Å². The lowest BCUT2D eigenvalue weighted by atomic mass is 10.1. The maximum Gasteiger partial charge on any atom is 0.252 e. The van der Waals surface area contributed by atoms with E-state index in [1.54, 1.807) is 23.9 Å². The van der Waals surface area contributed by atoms with Crippen molar-refractivity contribution in [2.24, 2.45) is 5.73 Å². The molecule has 0 saturated heterocycles. The van der Waals surface area contributed by atoms with Gasteiger partial charge in [-0.15, -0.1) is 11.8 Å². The monoisotopic (exact) mass is 308 g/mol. The molecular formula is C14H13ClN2O2S. The Morgan fingerprint density at radius 3 is 2.45 bits per heavy atom. The van der Waals surface area contributed by atoms with Gasteiger partial charge in [-0.05, 0) is 42.7 Å². The quantitative estimate of drug-likeness (QED) is 0.669. The van der Waals surface area contributed by atoms with Crippen LogP contribution >= 0.6 is 23.4 Å². The predicted octanol–water partition coefficient (Wildman–Crippen LogP) is 3.54. The van der Waals surface area contributed by atoms with Crippen LogP contribution in [0.4, 0.5) is 5.69 Å². The van der Waals surface area contributed by atoms with E-state index in [0.717, 1.165) is 4.90 Å². The number of carbonyl (C=O) groups is 1. The fraction of sp³-hybridized carbons (Fsp3) is 0.0714. The topological polar surface area (TPSA) is 78.3 Å². The minimum absolute atomic E-state index is 0.156. The number of primary amides is 1. The summed E-state index contributed by atoms with van der Waals surface area (Å²) in [6, 6.07) is 10.4. The van der Waals surface area contributed by atoms with Gasteiger partial charge >= 0.3 is 0 Å². The number of carbonyl (C=O) groups excluding carboxylic acids is 1. The number of halogens is 1. The number of nitrogens with two attached hydrogens (primary N) is 2. The first kappa shape index (κ1) is 14.6. The molecule has 2 aromatic rings. The largest absolute Gasteiger partial charge is 0.455 e. The maximum atomic E-state index is 11.4. The summed E-state index contributed by atoms with van der Waals surface area (Å²) in [5.41, 5.74) is 11.5. The molecule has 0 radical (unpaired) electrons. The molecule has 0 aromatic heterocycles. The second-order valence-electron chi connectivity index (χ2n) is 4.02. The fourth-order valence-electron chi connectivity index (χ4n) is 1.66. The standard InChI is InChI=1S/C14H13ClN2O2S/c1-20-10-4-2-9(3-5-10)19-13-11(14(17)18)6-8(16)7-12(13)15/h2-7H,16H2,1H3,(H2,17,18). The Kier molecular flexibility index (Phi) is 4.42. The molecule has 0 spiro atoms.